The predicted molar refractivity (Wildman–Crippen MR) is 88.8 cm³/mol. The molecule has 2 aromatic rings. The largest absolute Gasteiger partial charge is 0.352 e. The van der Waals surface area contributed by atoms with Crippen LogP contribution in [0.2, 0.25) is 0 Å². The number of carbonyl (C=O) groups is 1. The van der Waals surface area contributed by atoms with Crippen LogP contribution >= 0.6 is 0 Å². The lowest BCUT2D eigenvalue weighted by Gasteiger charge is -2.07. The Morgan fingerprint density at radius 1 is 1.09 bits per heavy atom. The van der Waals surface area contributed by atoms with Crippen molar-refractivity contribution in [2.45, 2.75) is 20.3 Å². The first-order valence-corrected chi connectivity index (χ1v) is 9.13. The number of benzene rings is 1. The Kier molecular flexibility index (Phi) is 5.27. The first-order chi connectivity index (χ1) is 10.8. The van der Waals surface area contributed by atoms with Gasteiger partial charge in [0.05, 0.1) is 28.7 Å². The third-order valence-corrected chi connectivity index (χ3v) is 4.07. The fourth-order valence-corrected chi connectivity index (χ4v) is 2.54. The van der Waals surface area contributed by atoms with Gasteiger partial charge in [-0.3, -0.25) is 4.79 Å². The van der Waals surface area contributed by atoms with E-state index in [1.807, 2.05) is 13.8 Å². The van der Waals surface area contributed by atoms with Crippen molar-refractivity contribution in [2.24, 2.45) is 0 Å². The van der Waals surface area contributed by atoms with Crippen molar-refractivity contribution in [1.29, 1.82) is 0 Å². The zero-order chi connectivity index (χ0) is 17.0. The number of rotatable bonds is 6. The molecule has 0 aliphatic rings. The van der Waals surface area contributed by atoms with Gasteiger partial charge in [0.1, 0.15) is 0 Å². The summed E-state index contributed by atoms with van der Waals surface area (Å²) in [7, 11) is -3.19. The number of aryl methyl sites for hydroxylation is 2. The fourth-order valence-electron chi connectivity index (χ4n) is 2.02. The minimum Gasteiger partial charge on any atom is -0.352 e. The van der Waals surface area contributed by atoms with Gasteiger partial charge in [-0.1, -0.05) is 0 Å². The third kappa shape index (κ3) is 4.97. The smallest absolute Gasteiger partial charge is 0.251 e. The van der Waals surface area contributed by atoms with E-state index in [9.17, 15) is 13.2 Å². The van der Waals surface area contributed by atoms with Gasteiger partial charge < -0.3 is 5.32 Å². The van der Waals surface area contributed by atoms with Crippen LogP contribution in [-0.2, 0) is 10.0 Å². The Labute approximate surface area is 135 Å². The van der Waals surface area contributed by atoms with Crippen molar-refractivity contribution in [2.75, 3.05) is 19.3 Å². The first-order valence-electron chi connectivity index (χ1n) is 7.24. The lowest BCUT2D eigenvalue weighted by Crippen LogP contribution is -2.29. The average molecular weight is 336 g/mol. The third-order valence-electron chi connectivity index (χ3n) is 3.34. The zero-order valence-electron chi connectivity index (χ0n) is 13.4. The summed E-state index contributed by atoms with van der Waals surface area (Å²) >= 11 is 0. The van der Waals surface area contributed by atoms with E-state index in [1.165, 1.54) is 0 Å². The number of hydrogen-bond donors (Lipinski definition) is 2. The quantitative estimate of drug-likeness (QED) is 0.764. The second-order valence-corrected chi connectivity index (χ2v) is 7.21. The van der Waals surface area contributed by atoms with Crippen LogP contribution in [0.15, 0.2) is 18.2 Å². The van der Waals surface area contributed by atoms with Gasteiger partial charge in [-0.05, 0) is 38.5 Å². The molecule has 1 heterocycles. The molecule has 0 aliphatic heterocycles. The molecular weight excluding hydrogens is 316 g/mol. The van der Waals surface area contributed by atoms with Crippen molar-refractivity contribution in [3.8, 4) is 0 Å². The first kappa shape index (κ1) is 17.3. The molecule has 0 saturated heterocycles. The number of fused-ring (bicyclic) bond motifs is 1. The van der Waals surface area contributed by atoms with Crippen LogP contribution in [0.3, 0.4) is 0 Å². The van der Waals surface area contributed by atoms with Crippen LogP contribution in [0, 0.1) is 13.8 Å². The van der Waals surface area contributed by atoms with Gasteiger partial charge in [-0.25, -0.2) is 23.1 Å². The molecular formula is C15H20N4O3S. The second kappa shape index (κ2) is 7.01. The summed E-state index contributed by atoms with van der Waals surface area (Å²) in [5, 5.41) is 2.75. The Bertz CT molecular complexity index is 834. The number of carbonyl (C=O) groups excluding carboxylic acids is 1. The number of hydrogen-bond acceptors (Lipinski definition) is 5. The van der Waals surface area contributed by atoms with Crippen molar-refractivity contribution >= 4 is 27.0 Å². The Balaban J connectivity index is 1.97. The lowest BCUT2D eigenvalue weighted by molar-refractivity contribution is 0.0953. The lowest BCUT2D eigenvalue weighted by atomic mass is 10.1. The minimum atomic E-state index is -3.19. The molecule has 124 valence electrons. The van der Waals surface area contributed by atoms with Crippen LogP contribution in [0.1, 0.15) is 28.2 Å². The second-order valence-electron chi connectivity index (χ2n) is 5.37. The molecule has 7 nitrogen and oxygen atoms in total. The van der Waals surface area contributed by atoms with E-state index in [4.69, 9.17) is 0 Å². The highest BCUT2D eigenvalue weighted by Crippen LogP contribution is 2.14. The number of amides is 1. The van der Waals surface area contributed by atoms with E-state index < -0.39 is 10.0 Å². The molecule has 0 fully saturated rings. The number of sulfonamides is 1. The van der Waals surface area contributed by atoms with Crippen molar-refractivity contribution in [3.05, 3.63) is 35.2 Å². The highest BCUT2D eigenvalue weighted by atomic mass is 32.2. The molecule has 0 unspecified atom stereocenters. The highest BCUT2D eigenvalue weighted by Gasteiger charge is 2.08. The number of aromatic nitrogens is 2. The van der Waals surface area contributed by atoms with Crippen LogP contribution in [0.4, 0.5) is 0 Å². The predicted octanol–water partition coefficient (Wildman–Crippen LogP) is 0.916. The summed E-state index contributed by atoms with van der Waals surface area (Å²) in [6, 6.07) is 5.18. The van der Waals surface area contributed by atoms with Crippen molar-refractivity contribution < 1.29 is 13.2 Å². The van der Waals surface area contributed by atoms with E-state index in [1.54, 1.807) is 18.2 Å². The van der Waals surface area contributed by atoms with Gasteiger partial charge in [0.25, 0.3) is 5.91 Å². The Morgan fingerprint density at radius 2 is 1.74 bits per heavy atom. The fraction of sp³-hybridized carbons (Fsp3) is 0.400. The summed E-state index contributed by atoms with van der Waals surface area (Å²) in [4.78, 5) is 21.0. The monoisotopic (exact) mass is 336 g/mol. The van der Waals surface area contributed by atoms with Crippen LogP contribution in [0.25, 0.3) is 11.0 Å². The van der Waals surface area contributed by atoms with Gasteiger partial charge >= 0.3 is 0 Å². The van der Waals surface area contributed by atoms with Gasteiger partial charge in [-0.15, -0.1) is 0 Å². The normalized spacial score (nSPS) is 11.6. The van der Waals surface area contributed by atoms with E-state index in [-0.39, 0.29) is 5.91 Å². The van der Waals surface area contributed by atoms with Crippen molar-refractivity contribution in [1.82, 2.24) is 20.0 Å². The molecule has 0 atom stereocenters. The molecule has 8 heteroatoms. The Hall–Kier alpha value is -2.06. The van der Waals surface area contributed by atoms with Gasteiger partial charge in [0.15, 0.2) is 0 Å². The minimum absolute atomic E-state index is 0.216. The van der Waals surface area contributed by atoms with Gasteiger partial charge in [0, 0.05) is 18.7 Å². The van der Waals surface area contributed by atoms with Gasteiger partial charge in [-0.2, -0.15) is 0 Å². The molecule has 1 aromatic carbocycles. The van der Waals surface area contributed by atoms with Crippen LogP contribution < -0.4 is 10.0 Å². The number of nitrogens with one attached hydrogen (secondary N) is 2. The molecule has 0 bridgehead atoms. The van der Waals surface area contributed by atoms with Gasteiger partial charge in [0.2, 0.25) is 10.0 Å². The molecule has 2 rings (SSSR count). The average Bonchev–Trinajstić information content (AvgIpc) is 2.46. The molecule has 23 heavy (non-hydrogen) atoms. The molecule has 2 N–H and O–H groups in total. The SMILES string of the molecule is Cc1nc2ccc(C(=O)NCCCNS(C)(=O)=O)cc2nc1C. The van der Waals surface area contributed by atoms with E-state index in [0.717, 1.165) is 23.2 Å². The van der Waals surface area contributed by atoms with E-state index in [0.29, 0.717) is 30.6 Å². The number of nitrogens with zero attached hydrogens (tertiary/aromatic N) is 2. The summed E-state index contributed by atoms with van der Waals surface area (Å²) in [5.74, 6) is -0.216. The topological polar surface area (TPSA) is 101 Å². The summed E-state index contributed by atoms with van der Waals surface area (Å²) < 4.78 is 24.2. The van der Waals surface area contributed by atoms with Crippen LogP contribution in [0.5, 0.6) is 0 Å². The molecule has 1 amide bonds. The van der Waals surface area contributed by atoms with Crippen LogP contribution in [-0.4, -0.2) is 43.6 Å². The Morgan fingerprint density at radius 3 is 2.39 bits per heavy atom. The maximum Gasteiger partial charge on any atom is 0.251 e. The van der Waals surface area contributed by atoms with Crippen molar-refractivity contribution in [3.63, 3.8) is 0 Å². The highest BCUT2D eigenvalue weighted by molar-refractivity contribution is 7.88. The summed E-state index contributed by atoms with van der Waals surface area (Å²) in [6.07, 6.45) is 1.62. The molecule has 1 aromatic heterocycles. The maximum absolute atomic E-state index is 12.1. The standard InChI is InChI=1S/C15H20N4O3S/c1-10-11(2)19-14-9-12(5-6-13(14)18-10)15(20)16-7-4-8-17-23(3,21)22/h5-6,9,17H,4,7-8H2,1-3H3,(H,16,20). The molecule has 0 spiro atoms. The summed E-state index contributed by atoms with van der Waals surface area (Å²) in [5.41, 5.74) is 3.64. The molecule has 0 aliphatic carbocycles. The summed E-state index contributed by atoms with van der Waals surface area (Å²) in [6.45, 7) is 4.45. The van der Waals surface area contributed by atoms with E-state index >= 15 is 0 Å². The maximum atomic E-state index is 12.1. The molecule has 0 radical (unpaired) electrons. The molecule has 0 saturated carbocycles. The van der Waals surface area contributed by atoms with E-state index in [2.05, 4.69) is 20.0 Å². The zero-order valence-corrected chi connectivity index (χ0v) is 14.2.